The average molecular weight is 309 g/mol. The van der Waals surface area contributed by atoms with E-state index in [0.29, 0.717) is 5.82 Å². The van der Waals surface area contributed by atoms with Gasteiger partial charge in [0, 0.05) is 39.6 Å². The Morgan fingerprint density at radius 2 is 1.82 bits per heavy atom. The molecule has 0 saturated carbocycles. The van der Waals surface area contributed by atoms with Gasteiger partial charge in [0.05, 0.1) is 0 Å². The number of nitrogens with zero attached hydrogens (tertiary/aromatic N) is 3. The minimum absolute atomic E-state index is 0.268. The van der Waals surface area contributed by atoms with Crippen LogP contribution in [-0.4, -0.2) is 15.0 Å². The molecule has 2 aromatic heterocycles. The Labute approximate surface area is 133 Å². The Balaban J connectivity index is 1.79. The third kappa shape index (κ3) is 3.73. The largest absolute Gasteiger partial charge is 0.368 e. The topological polar surface area (TPSA) is 76.7 Å². The van der Waals surface area contributed by atoms with Crippen molar-refractivity contribution in [1.82, 2.24) is 15.0 Å². The lowest BCUT2D eigenvalue weighted by molar-refractivity contribution is 1.12. The first-order valence-corrected chi connectivity index (χ1v) is 7.57. The van der Waals surface area contributed by atoms with Gasteiger partial charge >= 0.3 is 0 Å². The number of rotatable bonds is 4. The van der Waals surface area contributed by atoms with Crippen LogP contribution in [0.15, 0.2) is 64.6 Å². The number of nitrogens with one attached hydrogen (secondary N) is 1. The zero-order chi connectivity index (χ0) is 15.4. The second-order valence-corrected chi connectivity index (χ2v) is 5.84. The maximum Gasteiger partial charge on any atom is 0.222 e. The highest BCUT2D eigenvalue weighted by molar-refractivity contribution is 7.99. The monoisotopic (exact) mass is 309 g/mol. The summed E-state index contributed by atoms with van der Waals surface area (Å²) in [5.74, 6) is 0.959. The molecule has 0 saturated heterocycles. The summed E-state index contributed by atoms with van der Waals surface area (Å²) in [6.45, 7) is 1.89. The molecule has 0 fully saturated rings. The molecule has 0 unspecified atom stereocenters. The van der Waals surface area contributed by atoms with Gasteiger partial charge in [-0.25, -0.2) is 4.98 Å². The minimum atomic E-state index is 0.268. The molecule has 2 heterocycles. The number of hydrogen-bond donors (Lipinski definition) is 2. The molecular formula is C16H15N5S. The fraction of sp³-hybridized carbons (Fsp3) is 0.0625. The summed E-state index contributed by atoms with van der Waals surface area (Å²) in [7, 11) is 0. The predicted molar refractivity (Wildman–Crippen MR) is 89.3 cm³/mol. The third-order valence-electron chi connectivity index (χ3n) is 2.86. The van der Waals surface area contributed by atoms with Gasteiger partial charge in [-0.1, -0.05) is 17.8 Å². The second-order valence-electron chi connectivity index (χ2n) is 4.69. The number of aromatic nitrogens is 3. The number of hydrogen-bond acceptors (Lipinski definition) is 6. The first kappa shape index (κ1) is 14.3. The van der Waals surface area contributed by atoms with E-state index in [9.17, 15) is 0 Å². The zero-order valence-electron chi connectivity index (χ0n) is 12.0. The first-order chi connectivity index (χ1) is 10.7. The summed E-state index contributed by atoms with van der Waals surface area (Å²) >= 11 is 1.68. The van der Waals surface area contributed by atoms with Crippen molar-refractivity contribution in [2.24, 2.45) is 0 Å². The van der Waals surface area contributed by atoms with E-state index in [4.69, 9.17) is 5.73 Å². The Bertz CT molecular complexity index is 756. The lowest BCUT2D eigenvalue weighted by Gasteiger charge is -2.08. The molecule has 22 heavy (non-hydrogen) atoms. The van der Waals surface area contributed by atoms with E-state index in [1.54, 1.807) is 24.2 Å². The molecule has 0 amide bonds. The first-order valence-electron chi connectivity index (χ1n) is 6.75. The van der Waals surface area contributed by atoms with Gasteiger partial charge in [0.2, 0.25) is 5.95 Å². The summed E-state index contributed by atoms with van der Waals surface area (Å²) in [4.78, 5) is 14.6. The van der Waals surface area contributed by atoms with Gasteiger partial charge < -0.3 is 11.1 Å². The van der Waals surface area contributed by atoms with Crippen molar-refractivity contribution in [2.75, 3.05) is 11.1 Å². The fourth-order valence-electron chi connectivity index (χ4n) is 1.98. The van der Waals surface area contributed by atoms with Gasteiger partial charge in [0.1, 0.15) is 5.82 Å². The van der Waals surface area contributed by atoms with Crippen LogP contribution >= 0.6 is 11.8 Å². The Morgan fingerprint density at radius 3 is 2.59 bits per heavy atom. The molecule has 0 radical (unpaired) electrons. The highest BCUT2D eigenvalue weighted by Gasteiger charge is 2.02. The molecular weight excluding hydrogens is 294 g/mol. The van der Waals surface area contributed by atoms with Crippen LogP contribution in [0, 0.1) is 6.92 Å². The SMILES string of the molecule is Cc1cc(Nc2cccc(Sc3ccncc3)c2)nc(N)n1. The summed E-state index contributed by atoms with van der Waals surface area (Å²) in [5.41, 5.74) is 7.46. The van der Waals surface area contributed by atoms with E-state index >= 15 is 0 Å². The van der Waals surface area contributed by atoms with E-state index in [-0.39, 0.29) is 5.95 Å². The lowest BCUT2D eigenvalue weighted by Crippen LogP contribution is -2.01. The maximum atomic E-state index is 5.67. The average Bonchev–Trinajstić information content (AvgIpc) is 2.47. The van der Waals surface area contributed by atoms with Gasteiger partial charge in [0.15, 0.2) is 0 Å². The highest BCUT2D eigenvalue weighted by atomic mass is 32.2. The van der Waals surface area contributed by atoms with Crippen molar-refractivity contribution in [3.05, 3.63) is 60.6 Å². The van der Waals surface area contributed by atoms with Gasteiger partial charge in [0.25, 0.3) is 0 Å². The maximum absolute atomic E-state index is 5.67. The Morgan fingerprint density at radius 1 is 1.00 bits per heavy atom. The van der Waals surface area contributed by atoms with E-state index in [0.717, 1.165) is 21.2 Å². The molecule has 5 nitrogen and oxygen atoms in total. The van der Waals surface area contributed by atoms with Crippen molar-refractivity contribution >= 4 is 29.2 Å². The molecule has 0 aliphatic heterocycles. The van der Waals surface area contributed by atoms with Crippen molar-refractivity contribution in [1.29, 1.82) is 0 Å². The molecule has 6 heteroatoms. The quantitative estimate of drug-likeness (QED) is 0.766. The fourth-order valence-corrected chi connectivity index (χ4v) is 2.85. The van der Waals surface area contributed by atoms with E-state index in [1.807, 2.05) is 37.3 Å². The lowest BCUT2D eigenvalue weighted by atomic mass is 10.3. The molecule has 0 bridgehead atoms. The molecule has 0 aliphatic rings. The van der Waals surface area contributed by atoms with Gasteiger partial charge in [-0.2, -0.15) is 4.98 Å². The number of nitrogen functional groups attached to an aromatic ring is 1. The molecule has 110 valence electrons. The molecule has 0 aliphatic carbocycles. The number of benzene rings is 1. The summed E-state index contributed by atoms with van der Waals surface area (Å²) in [6, 6.07) is 14.0. The zero-order valence-corrected chi connectivity index (χ0v) is 12.8. The molecule has 0 spiro atoms. The minimum Gasteiger partial charge on any atom is -0.368 e. The smallest absolute Gasteiger partial charge is 0.222 e. The van der Waals surface area contributed by atoms with Crippen LogP contribution in [0.3, 0.4) is 0 Å². The molecule has 0 atom stereocenters. The number of pyridine rings is 1. The van der Waals surface area contributed by atoms with Gasteiger partial charge in [-0.15, -0.1) is 0 Å². The molecule has 1 aromatic carbocycles. The van der Waals surface area contributed by atoms with Crippen LogP contribution in [0.4, 0.5) is 17.5 Å². The molecule has 3 rings (SSSR count). The highest BCUT2D eigenvalue weighted by Crippen LogP contribution is 2.29. The van der Waals surface area contributed by atoms with E-state index in [1.165, 1.54) is 0 Å². The van der Waals surface area contributed by atoms with Crippen LogP contribution in [0.2, 0.25) is 0 Å². The van der Waals surface area contributed by atoms with Crippen molar-refractivity contribution in [3.8, 4) is 0 Å². The van der Waals surface area contributed by atoms with E-state index in [2.05, 4.69) is 32.4 Å². The van der Waals surface area contributed by atoms with Gasteiger partial charge in [-0.05, 0) is 37.3 Å². The normalized spacial score (nSPS) is 10.4. The number of anilines is 3. The van der Waals surface area contributed by atoms with Crippen molar-refractivity contribution in [3.63, 3.8) is 0 Å². The third-order valence-corrected chi connectivity index (χ3v) is 3.86. The van der Waals surface area contributed by atoms with Crippen molar-refractivity contribution < 1.29 is 0 Å². The van der Waals surface area contributed by atoms with Gasteiger partial charge in [-0.3, -0.25) is 4.98 Å². The molecule has 3 aromatic rings. The standard InChI is InChI=1S/C16H15N5S/c1-11-9-15(21-16(17)19-11)20-12-3-2-4-14(10-12)22-13-5-7-18-8-6-13/h2-10H,1H3,(H3,17,19,20,21). The Hall–Kier alpha value is -2.60. The van der Waals surface area contributed by atoms with Crippen LogP contribution in [0.25, 0.3) is 0 Å². The van der Waals surface area contributed by atoms with Crippen LogP contribution < -0.4 is 11.1 Å². The van der Waals surface area contributed by atoms with Crippen LogP contribution in [-0.2, 0) is 0 Å². The van der Waals surface area contributed by atoms with Crippen LogP contribution in [0.5, 0.6) is 0 Å². The summed E-state index contributed by atoms with van der Waals surface area (Å²) in [5, 5.41) is 3.25. The summed E-state index contributed by atoms with van der Waals surface area (Å²) < 4.78 is 0. The van der Waals surface area contributed by atoms with E-state index < -0.39 is 0 Å². The molecule has 3 N–H and O–H groups in total. The van der Waals surface area contributed by atoms with Crippen molar-refractivity contribution in [2.45, 2.75) is 16.7 Å². The number of nitrogens with two attached hydrogens (primary N) is 1. The predicted octanol–water partition coefficient (Wildman–Crippen LogP) is 3.66. The summed E-state index contributed by atoms with van der Waals surface area (Å²) in [6.07, 6.45) is 3.58. The Kier molecular flexibility index (Phi) is 4.20. The van der Waals surface area contributed by atoms with Crippen LogP contribution in [0.1, 0.15) is 5.69 Å². The second kappa shape index (κ2) is 6.44. The number of aryl methyl sites for hydroxylation is 1.